The minimum Gasteiger partial charge on any atom is -0.385 e. The van der Waals surface area contributed by atoms with Crippen molar-refractivity contribution >= 4 is 10.8 Å². The minimum atomic E-state index is -0.612. The van der Waals surface area contributed by atoms with Crippen LogP contribution in [-0.4, -0.2) is 22.8 Å². The smallest absolute Gasteiger partial charge is 0.110 e. The second-order valence-electron chi connectivity index (χ2n) is 5.33. The van der Waals surface area contributed by atoms with E-state index in [1.54, 1.807) is 13.3 Å². The molecule has 1 fully saturated rings. The highest BCUT2D eigenvalue weighted by Gasteiger charge is 2.42. The van der Waals surface area contributed by atoms with Crippen molar-refractivity contribution in [2.45, 2.75) is 37.4 Å². The van der Waals surface area contributed by atoms with Gasteiger partial charge in [0.25, 0.3) is 0 Å². The van der Waals surface area contributed by atoms with Crippen molar-refractivity contribution in [3.8, 4) is 0 Å². The van der Waals surface area contributed by atoms with Crippen molar-refractivity contribution in [2.75, 3.05) is 7.11 Å². The van der Waals surface area contributed by atoms with E-state index in [1.165, 1.54) is 0 Å². The van der Waals surface area contributed by atoms with Crippen LogP contribution in [0.3, 0.4) is 0 Å². The van der Waals surface area contributed by atoms with E-state index >= 15 is 0 Å². The zero-order chi connectivity index (χ0) is 13.3. The average Bonchev–Trinajstić information content (AvgIpc) is 2.96. The van der Waals surface area contributed by atoms with Gasteiger partial charge in [0.2, 0.25) is 0 Å². The fraction of sp³-hybridized carbons (Fsp3) is 0.438. The molecule has 0 aliphatic heterocycles. The molecule has 1 aliphatic rings. The maximum atomic E-state index is 10.8. The van der Waals surface area contributed by atoms with Crippen molar-refractivity contribution < 1.29 is 9.84 Å². The average molecular weight is 257 g/mol. The van der Waals surface area contributed by atoms with Crippen LogP contribution in [0.4, 0.5) is 0 Å². The van der Waals surface area contributed by atoms with E-state index in [9.17, 15) is 5.11 Å². The Morgan fingerprint density at radius 2 is 1.95 bits per heavy atom. The lowest BCUT2D eigenvalue weighted by Crippen LogP contribution is -2.35. The van der Waals surface area contributed by atoms with Crippen LogP contribution in [0.25, 0.3) is 10.8 Å². The largest absolute Gasteiger partial charge is 0.385 e. The van der Waals surface area contributed by atoms with Gasteiger partial charge in [-0.1, -0.05) is 37.1 Å². The van der Waals surface area contributed by atoms with Gasteiger partial charge in [-0.25, -0.2) is 0 Å². The first kappa shape index (κ1) is 12.6. The summed E-state index contributed by atoms with van der Waals surface area (Å²) >= 11 is 0. The van der Waals surface area contributed by atoms with Crippen LogP contribution in [0, 0.1) is 0 Å². The van der Waals surface area contributed by atoms with Crippen LogP contribution in [-0.2, 0) is 4.74 Å². The van der Waals surface area contributed by atoms with E-state index in [0.717, 1.165) is 42.0 Å². The molecule has 1 heterocycles. The molecule has 0 spiro atoms. The summed E-state index contributed by atoms with van der Waals surface area (Å²) in [5.74, 6) is 0. The molecule has 1 aliphatic carbocycles. The monoisotopic (exact) mass is 257 g/mol. The maximum Gasteiger partial charge on any atom is 0.110 e. The summed E-state index contributed by atoms with van der Waals surface area (Å²) in [5, 5.41) is 12.9. The predicted molar refractivity (Wildman–Crippen MR) is 74.9 cm³/mol. The van der Waals surface area contributed by atoms with Crippen LogP contribution >= 0.6 is 0 Å². The van der Waals surface area contributed by atoms with Crippen LogP contribution in [0.5, 0.6) is 0 Å². The fourth-order valence-corrected chi connectivity index (χ4v) is 3.20. The Hall–Kier alpha value is -1.45. The molecule has 1 atom stereocenters. The molecule has 3 nitrogen and oxygen atoms in total. The summed E-state index contributed by atoms with van der Waals surface area (Å²) < 4.78 is 5.69. The molecule has 0 saturated heterocycles. The van der Waals surface area contributed by atoms with Crippen LogP contribution < -0.4 is 0 Å². The van der Waals surface area contributed by atoms with Gasteiger partial charge in [-0.05, 0) is 18.2 Å². The first-order chi connectivity index (χ1) is 9.27. The third-order valence-corrected chi connectivity index (χ3v) is 4.35. The number of pyridine rings is 1. The number of aliphatic hydroxyl groups excluding tert-OH is 1. The van der Waals surface area contributed by atoms with Gasteiger partial charge < -0.3 is 9.84 Å². The predicted octanol–water partition coefficient (Wildman–Crippen LogP) is 3.23. The lowest BCUT2D eigenvalue weighted by Gasteiger charge is -2.33. The number of aromatic nitrogens is 1. The van der Waals surface area contributed by atoms with Gasteiger partial charge >= 0.3 is 0 Å². The Morgan fingerprint density at radius 1 is 1.21 bits per heavy atom. The Morgan fingerprint density at radius 3 is 2.68 bits per heavy atom. The molecule has 100 valence electrons. The Bertz CT molecular complexity index is 570. The molecule has 1 aromatic carbocycles. The number of nitrogens with zero attached hydrogens (tertiary/aromatic N) is 1. The third kappa shape index (κ3) is 2.03. The number of rotatable bonds is 3. The summed E-state index contributed by atoms with van der Waals surface area (Å²) in [6.07, 6.45) is 7.04. The number of aliphatic hydroxyl groups is 1. The number of hydrogen-bond acceptors (Lipinski definition) is 3. The summed E-state index contributed by atoms with van der Waals surface area (Å²) in [6, 6.07) is 8.04. The van der Waals surface area contributed by atoms with Gasteiger partial charge in [0.1, 0.15) is 6.10 Å². The van der Waals surface area contributed by atoms with Crippen LogP contribution in [0.15, 0.2) is 36.7 Å². The van der Waals surface area contributed by atoms with Crippen LogP contribution in [0.2, 0.25) is 0 Å². The van der Waals surface area contributed by atoms with Crippen LogP contribution in [0.1, 0.15) is 37.4 Å². The second-order valence-corrected chi connectivity index (χ2v) is 5.33. The fourth-order valence-electron chi connectivity index (χ4n) is 3.20. The highest BCUT2D eigenvalue weighted by Crippen LogP contribution is 2.43. The van der Waals surface area contributed by atoms with E-state index in [-0.39, 0.29) is 0 Å². The van der Waals surface area contributed by atoms with Crippen molar-refractivity contribution in [1.82, 2.24) is 4.98 Å². The van der Waals surface area contributed by atoms with Gasteiger partial charge in [0.05, 0.1) is 5.60 Å². The number of fused-ring (bicyclic) bond motifs is 1. The molecule has 1 N–H and O–H groups in total. The zero-order valence-corrected chi connectivity index (χ0v) is 11.2. The molecule has 2 aromatic rings. The summed E-state index contributed by atoms with van der Waals surface area (Å²) in [6.45, 7) is 0. The standard InChI is InChI=1S/C16H19NO2/c1-19-16(8-4-5-9-16)15(18)14-11-17-10-12-6-2-3-7-13(12)14/h2-3,6-7,10-11,15,18H,4-5,8-9H2,1H3. The molecular weight excluding hydrogens is 238 g/mol. The van der Waals surface area contributed by atoms with E-state index in [0.29, 0.717) is 0 Å². The Labute approximate surface area is 113 Å². The topological polar surface area (TPSA) is 42.4 Å². The second kappa shape index (κ2) is 4.91. The van der Waals surface area contributed by atoms with Crippen molar-refractivity contribution in [3.05, 3.63) is 42.2 Å². The molecule has 0 bridgehead atoms. The molecular formula is C16H19NO2. The van der Waals surface area contributed by atoms with Gasteiger partial charge in [0, 0.05) is 30.5 Å². The number of ether oxygens (including phenoxy) is 1. The minimum absolute atomic E-state index is 0.439. The normalized spacial score (nSPS) is 19.7. The first-order valence-electron chi connectivity index (χ1n) is 6.83. The molecule has 0 radical (unpaired) electrons. The third-order valence-electron chi connectivity index (χ3n) is 4.35. The summed E-state index contributed by atoms with van der Waals surface area (Å²) in [5.41, 5.74) is 0.438. The summed E-state index contributed by atoms with van der Waals surface area (Å²) in [4.78, 5) is 4.26. The molecule has 1 saturated carbocycles. The maximum absolute atomic E-state index is 10.8. The molecule has 0 amide bonds. The molecule has 3 rings (SSSR count). The van der Waals surface area contributed by atoms with Gasteiger partial charge in [0.15, 0.2) is 0 Å². The lowest BCUT2D eigenvalue weighted by atomic mass is 9.88. The van der Waals surface area contributed by atoms with E-state index in [4.69, 9.17) is 4.74 Å². The van der Waals surface area contributed by atoms with Gasteiger partial charge in [-0.15, -0.1) is 0 Å². The lowest BCUT2D eigenvalue weighted by molar-refractivity contribution is -0.0996. The Balaban J connectivity index is 2.08. The van der Waals surface area contributed by atoms with Crippen molar-refractivity contribution in [3.63, 3.8) is 0 Å². The SMILES string of the molecule is COC1(C(O)c2cncc3ccccc23)CCCC1. The number of methoxy groups -OCH3 is 1. The van der Waals surface area contributed by atoms with E-state index in [1.807, 2.05) is 30.5 Å². The highest BCUT2D eigenvalue weighted by atomic mass is 16.5. The first-order valence-corrected chi connectivity index (χ1v) is 6.83. The quantitative estimate of drug-likeness (QED) is 0.918. The molecule has 3 heteroatoms. The van der Waals surface area contributed by atoms with E-state index < -0.39 is 11.7 Å². The van der Waals surface area contributed by atoms with Gasteiger partial charge in [-0.2, -0.15) is 0 Å². The van der Waals surface area contributed by atoms with E-state index in [2.05, 4.69) is 4.98 Å². The van der Waals surface area contributed by atoms with Crippen molar-refractivity contribution in [1.29, 1.82) is 0 Å². The summed E-state index contributed by atoms with van der Waals surface area (Å²) in [7, 11) is 1.70. The number of hydrogen-bond donors (Lipinski definition) is 1. The molecule has 1 aromatic heterocycles. The van der Waals surface area contributed by atoms with Gasteiger partial charge in [-0.3, -0.25) is 4.98 Å². The molecule has 19 heavy (non-hydrogen) atoms. The van der Waals surface area contributed by atoms with Crippen molar-refractivity contribution in [2.24, 2.45) is 0 Å². The Kier molecular flexibility index (Phi) is 3.25. The highest BCUT2D eigenvalue weighted by molar-refractivity contribution is 5.85. The molecule has 1 unspecified atom stereocenters. The zero-order valence-electron chi connectivity index (χ0n) is 11.2. The number of benzene rings is 1.